The minimum absolute atomic E-state index is 0.0316. The van der Waals surface area contributed by atoms with Crippen LogP contribution in [0.1, 0.15) is 17.5 Å². The summed E-state index contributed by atoms with van der Waals surface area (Å²) in [5.74, 6) is 1.41. The fourth-order valence-electron chi connectivity index (χ4n) is 2.24. The molecule has 1 aliphatic heterocycles. The maximum Gasteiger partial charge on any atom is 0.224 e. The Balaban J connectivity index is 1.90. The molecule has 1 heterocycles. The van der Waals surface area contributed by atoms with E-state index in [1.54, 1.807) is 6.07 Å². The molecule has 102 valence electrons. The number of carbonyl (C=O) groups excluding carboxylic acids is 1. The van der Waals surface area contributed by atoms with E-state index in [9.17, 15) is 4.79 Å². The highest BCUT2D eigenvalue weighted by Gasteiger charge is 2.17. The third-order valence-electron chi connectivity index (χ3n) is 3.38. The molecular formula is C16H16N2O2. The first kappa shape index (κ1) is 12.5. The molecule has 4 heteroatoms. The van der Waals surface area contributed by atoms with Crippen LogP contribution in [0.25, 0.3) is 0 Å². The van der Waals surface area contributed by atoms with Crippen LogP contribution in [0.5, 0.6) is 11.5 Å². The van der Waals surface area contributed by atoms with Crippen LogP contribution in [0, 0.1) is 6.92 Å². The highest BCUT2D eigenvalue weighted by molar-refractivity contribution is 5.94. The quantitative estimate of drug-likeness (QED) is 0.822. The highest BCUT2D eigenvalue weighted by Crippen LogP contribution is 2.35. The van der Waals surface area contributed by atoms with Crippen LogP contribution < -0.4 is 15.8 Å². The van der Waals surface area contributed by atoms with Crippen LogP contribution in [0.4, 0.5) is 11.4 Å². The number of ether oxygens (including phenoxy) is 1. The molecule has 0 spiro atoms. The van der Waals surface area contributed by atoms with Gasteiger partial charge in [-0.3, -0.25) is 4.79 Å². The predicted molar refractivity (Wildman–Crippen MR) is 79.1 cm³/mol. The Hall–Kier alpha value is -2.49. The molecule has 3 rings (SSSR count). The standard InChI is InChI=1S/C16H16N2O2/c1-10-2-5-12(6-3-10)20-15-8-11-4-7-16(19)18-14(11)9-13(15)17/h2-3,5-6,8-9H,4,7,17H2,1H3,(H,18,19). The summed E-state index contributed by atoms with van der Waals surface area (Å²) in [7, 11) is 0. The summed E-state index contributed by atoms with van der Waals surface area (Å²) in [6.45, 7) is 2.03. The Bertz CT molecular complexity index is 663. The van der Waals surface area contributed by atoms with Crippen molar-refractivity contribution in [2.24, 2.45) is 0 Å². The third-order valence-corrected chi connectivity index (χ3v) is 3.38. The summed E-state index contributed by atoms with van der Waals surface area (Å²) in [5.41, 5.74) is 9.53. The van der Waals surface area contributed by atoms with Crippen molar-refractivity contribution in [3.05, 3.63) is 47.5 Å². The largest absolute Gasteiger partial charge is 0.455 e. The molecule has 0 aliphatic carbocycles. The number of hydrogen-bond acceptors (Lipinski definition) is 3. The number of rotatable bonds is 2. The van der Waals surface area contributed by atoms with Gasteiger partial charge in [0.1, 0.15) is 5.75 Å². The number of nitrogens with two attached hydrogens (primary N) is 1. The Labute approximate surface area is 117 Å². The lowest BCUT2D eigenvalue weighted by Gasteiger charge is -2.19. The van der Waals surface area contributed by atoms with E-state index in [2.05, 4.69) is 5.32 Å². The monoisotopic (exact) mass is 268 g/mol. The van der Waals surface area contributed by atoms with Crippen molar-refractivity contribution < 1.29 is 9.53 Å². The summed E-state index contributed by atoms with van der Waals surface area (Å²) in [5, 5.41) is 2.82. The predicted octanol–water partition coefficient (Wildman–Crippen LogP) is 3.25. The van der Waals surface area contributed by atoms with Gasteiger partial charge in [0.15, 0.2) is 5.75 Å². The van der Waals surface area contributed by atoms with Gasteiger partial charge in [0.05, 0.1) is 5.69 Å². The fraction of sp³-hybridized carbons (Fsp3) is 0.188. The van der Waals surface area contributed by atoms with Gasteiger partial charge in [-0.1, -0.05) is 17.7 Å². The summed E-state index contributed by atoms with van der Waals surface area (Å²) < 4.78 is 5.82. The van der Waals surface area contributed by atoms with Gasteiger partial charge < -0.3 is 15.8 Å². The molecule has 2 aromatic rings. The number of benzene rings is 2. The van der Waals surface area contributed by atoms with E-state index in [0.717, 1.165) is 17.0 Å². The van der Waals surface area contributed by atoms with Gasteiger partial charge in [0.2, 0.25) is 5.91 Å². The maximum atomic E-state index is 11.4. The van der Waals surface area contributed by atoms with E-state index >= 15 is 0 Å². The smallest absolute Gasteiger partial charge is 0.224 e. The van der Waals surface area contributed by atoms with E-state index in [-0.39, 0.29) is 5.91 Å². The average Bonchev–Trinajstić information content (AvgIpc) is 2.42. The molecule has 0 atom stereocenters. The summed E-state index contributed by atoms with van der Waals surface area (Å²) >= 11 is 0. The number of amides is 1. The SMILES string of the molecule is Cc1ccc(Oc2cc3c(cc2N)NC(=O)CC3)cc1. The zero-order chi connectivity index (χ0) is 14.1. The molecule has 1 aliphatic rings. The molecule has 20 heavy (non-hydrogen) atoms. The summed E-state index contributed by atoms with van der Waals surface area (Å²) in [6, 6.07) is 11.5. The molecule has 4 nitrogen and oxygen atoms in total. The second-order valence-electron chi connectivity index (χ2n) is 5.01. The van der Waals surface area contributed by atoms with Crippen molar-refractivity contribution >= 4 is 17.3 Å². The van der Waals surface area contributed by atoms with Gasteiger partial charge >= 0.3 is 0 Å². The molecule has 0 saturated carbocycles. The number of fused-ring (bicyclic) bond motifs is 1. The van der Waals surface area contributed by atoms with E-state index in [0.29, 0.717) is 24.3 Å². The molecule has 0 radical (unpaired) electrons. The van der Waals surface area contributed by atoms with Gasteiger partial charge in [-0.15, -0.1) is 0 Å². The third kappa shape index (κ3) is 2.45. The highest BCUT2D eigenvalue weighted by atomic mass is 16.5. The van der Waals surface area contributed by atoms with Crippen LogP contribution in [-0.2, 0) is 11.2 Å². The number of carbonyl (C=O) groups is 1. The first-order valence-electron chi connectivity index (χ1n) is 6.58. The molecule has 3 N–H and O–H groups in total. The Morgan fingerprint density at radius 3 is 2.65 bits per heavy atom. The van der Waals surface area contributed by atoms with Crippen LogP contribution in [-0.4, -0.2) is 5.91 Å². The first-order chi connectivity index (χ1) is 9.61. The number of nitrogens with one attached hydrogen (secondary N) is 1. The van der Waals surface area contributed by atoms with Gasteiger partial charge in [0, 0.05) is 12.1 Å². The van der Waals surface area contributed by atoms with E-state index < -0.39 is 0 Å². The Morgan fingerprint density at radius 1 is 1.15 bits per heavy atom. The second kappa shape index (κ2) is 4.89. The lowest BCUT2D eigenvalue weighted by atomic mass is 10.0. The van der Waals surface area contributed by atoms with E-state index in [1.165, 1.54) is 5.56 Å². The normalized spacial score (nSPS) is 13.6. The molecule has 0 aromatic heterocycles. The minimum Gasteiger partial charge on any atom is -0.455 e. The van der Waals surface area contributed by atoms with Crippen LogP contribution in [0.2, 0.25) is 0 Å². The van der Waals surface area contributed by atoms with Gasteiger partial charge in [-0.2, -0.15) is 0 Å². The molecule has 0 fully saturated rings. The molecule has 0 bridgehead atoms. The zero-order valence-corrected chi connectivity index (χ0v) is 11.3. The Kier molecular flexibility index (Phi) is 3.06. The molecule has 0 unspecified atom stereocenters. The lowest BCUT2D eigenvalue weighted by Crippen LogP contribution is -2.19. The molecule has 1 amide bonds. The number of anilines is 2. The number of nitrogen functional groups attached to an aromatic ring is 1. The second-order valence-corrected chi connectivity index (χ2v) is 5.01. The summed E-state index contributed by atoms with van der Waals surface area (Å²) in [6.07, 6.45) is 1.21. The number of aryl methyl sites for hydroxylation is 2. The minimum atomic E-state index is 0.0316. The molecule has 2 aromatic carbocycles. The van der Waals surface area contributed by atoms with E-state index in [1.807, 2.05) is 37.3 Å². The van der Waals surface area contributed by atoms with Crippen molar-refractivity contribution in [3.63, 3.8) is 0 Å². The zero-order valence-electron chi connectivity index (χ0n) is 11.3. The van der Waals surface area contributed by atoms with Crippen molar-refractivity contribution in [2.45, 2.75) is 19.8 Å². The van der Waals surface area contributed by atoms with Crippen LogP contribution in [0.15, 0.2) is 36.4 Å². The van der Waals surface area contributed by atoms with Crippen molar-refractivity contribution in [3.8, 4) is 11.5 Å². The lowest BCUT2D eigenvalue weighted by molar-refractivity contribution is -0.116. The van der Waals surface area contributed by atoms with Crippen LogP contribution in [0.3, 0.4) is 0 Å². The molecular weight excluding hydrogens is 252 g/mol. The number of hydrogen-bond donors (Lipinski definition) is 2. The van der Waals surface area contributed by atoms with Crippen molar-refractivity contribution in [2.75, 3.05) is 11.1 Å². The van der Waals surface area contributed by atoms with E-state index in [4.69, 9.17) is 10.5 Å². The van der Waals surface area contributed by atoms with Crippen molar-refractivity contribution in [1.82, 2.24) is 0 Å². The van der Waals surface area contributed by atoms with Gasteiger partial charge in [-0.25, -0.2) is 0 Å². The maximum absolute atomic E-state index is 11.4. The Morgan fingerprint density at radius 2 is 1.90 bits per heavy atom. The van der Waals surface area contributed by atoms with Crippen LogP contribution >= 0.6 is 0 Å². The average molecular weight is 268 g/mol. The molecule has 0 saturated heterocycles. The fourth-order valence-corrected chi connectivity index (χ4v) is 2.24. The van der Waals surface area contributed by atoms with Gasteiger partial charge in [-0.05, 0) is 43.2 Å². The first-order valence-corrected chi connectivity index (χ1v) is 6.58. The van der Waals surface area contributed by atoms with Crippen molar-refractivity contribution in [1.29, 1.82) is 0 Å². The topological polar surface area (TPSA) is 64.3 Å². The summed E-state index contributed by atoms with van der Waals surface area (Å²) in [4.78, 5) is 11.4. The van der Waals surface area contributed by atoms with Gasteiger partial charge in [0.25, 0.3) is 0 Å².